The van der Waals surface area contributed by atoms with E-state index >= 15 is 0 Å². The molecule has 9 heavy (non-hydrogen) atoms. The predicted octanol–water partition coefficient (Wildman–Crippen LogP) is 0.136. The molecule has 0 aliphatic carbocycles. The Morgan fingerprint density at radius 3 is 1.89 bits per heavy atom. The first-order valence-electron chi connectivity index (χ1n) is 2.25. The normalized spacial score (nSPS) is 7.33. The number of carbonyl (C=O) groups excluding carboxylic acids is 2. The Labute approximate surface area is 69.3 Å². The van der Waals surface area contributed by atoms with Crippen LogP contribution in [-0.4, -0.2) is 18.4 Å². The van der Waals surface area contributed by atoms with Crippen LogP contribution in [0.4, 0.5) is 0 Å². The Kier molecular flexibility index (Phi) is 7.78. The first kappa shape index (κ1) is 11.6. The summed E-state index contributed by atoms with van der Waals surface area (Å²) in [4.78, 5) is 20.0. The van der Waals surface area contributed by atoms with Gasteiger partial charge in [0.05, 0.1) is 0 Å². The summed E-state index contributed by atoms with van der Waals surface area (Å²) in [5, 5.41) is 0. The standard InChI is InChI=1S/C5H8O3.Ag/c1-4(6)3-8-5(2)7;/h3H2,1-2H3;. The van der Waals surface area contributed by atoms with Crippen LogP contribution in [-0.2, 0) is 36.7 Å². The first-order valence-corrected chi connectivity index (χ1v) is 2.25. The van der Waals surface area contributed by atoms with E-state index in [0.717, 1.165) is 0 Å². The number of Topliss-reactive ketones (excluding diaryl/α,β-unsaturated/α-hetero) is 1. The molecule has 0 aromatic heterocycles. The van der Waals surface area contributed by atoms with Crippen LogP contribution in [0.15, 0.2) is 0 Å². The average molecular weight is 224 g/mol. The molecule has 57 valence electrons. The van der Waals surface area contributed by atoms with Crippen LogP contribution in [0.1, 0.15) is 13.8 Å². The van der Waals surface area contributed by atoms with Crippen molar-refractivity contribution in [3.8, 4) is 0 Å². The Hall–Kier alpha value is -0.120. The fourth-order valence-electron chi connectivity index (χ4n) is 0.203. The van der Waals surface area contributed by atoms with Crippen molar-refractivity contribution in [2.24, 2.45) is 0 Å². The van der Waals surface area contributed by atoms with E-state index in [-0.39, 0.29) is 34.8 Å². The number of hydrogen-bond acceptors (Lipinski definition) is 3. The second-order valence-electron chi connectivity index (χ2n) is 1.48. The van der Waals surface area contributed by atoms with E-state index in [4.69, 9.17) is 0 Å². The van der Waals surface area contributed by atoms with Crippen molar-refractivity contribution in [1.82, 2.24) is 0 Å². The van der Waals surface area contributed by atoms with Gasteiger partial charge >= 0.3 is 5.97 Å². The molecule has 0 aliphatic heterocycles. The van der Waals surface area contributed by atoms with Gasteiger partial charge in [0.25, 0.3) is 0 Å². The summed E-state index contributed by atoms with van der Waals surface area (Å²) < 4.78 is 4.31. The second kappa shape index (κ2) is 6.01. The van der Waals surface area contributed by atoms with E-state index in [0.29, 0.717) is 0 Å². The van der Waals surface area contributed by atoms with Gasteiger partial charge in [0.15, 0.2) is 5.78 Å². The molecule has 0 fully saturated rings. The number of ketones is 1. The second-order valence-corrected chi connectivity index (χ2v) is 1.48. The summed E-state index contributed by atoms with van der Waals surface area (Å²) in [6.45, 7) is 2.53. The smallest absolute Gasteiger partial charge is 0.303 e. The van der Waals surface area contributed by atoms with Gasteiger partial charge in [0.2, 0.25) is 0 Å². The molecule has 3 nitrogen and oxygen atoms in total. The van der Waals surface area contributed by atoms with Crippen molar-refractivity contribution < 1.29 is 36.7 Å². The van der Waals surface area contributed by atoms with E-state index in [2.05, 4.69) is 4.74 Å². The van der Waals surface area contributed by atoms with E-state index in [9.17, 15) is 9.59 Å². The molecule has 4 heteroatoms. The summed E-state index contributed by atoms with van der Waals surface area (Å²) >= 11 is 0. The molecule has 0 saturated heterocycles. The van der Waals surface area contributed by atoms with Gasteiger partial charge in [0.1, 0.15) is 6.61 Å². The van der Waals surface area contributed by atoms with Crippen molar-refractivity contribution in [2.45, 2.75) is 13.8 Å². The molecule has 0 spiro atoms. The van der Waals surface area contributed by atoms with Gasteiger partial charge in [-0.2, -0.15) is 0 Å². The van der Waals surface area contributed by atoms with Crippen LogP contribution in [0.25, 0.3) is 0 Å². The Morgan fingerprint density at radius 2 is 1.78 bits per heavy atom. The van der Waals surface area contributed by atoms with E-state index in [1.165, 1.54) is 13.8 Å². The summed E-state index contributed by atoms with van der Waals surface area (Å²) in [6, 6.07) is 0. The molecule has 1 radical (unpaired) electrons. The number of esters is 1. The molecule has 0 amide bonds. The summed E-state index contributed by atoms with van der Waals surface area (Å²) in [5.74, 6) is -0.555. The van der Waals surface area contributed by atoms with Gasteiger partial charge in [-0.05, 0) is 6.92 Å². The van der Waals surface area contributed by atoms with Crippen LogP contribution in [0, 0.1) is 0 Å². The molecule has 0 saturated carbocycles. The molecule has 0 rings (SSSR count). The fraction of sp³-hybridized carbons (Fsp3) is 0.600. The number of ether oxygens (including phenoxy) is 1. The van der Waals surface area contributed by atoms with Gasteiger partial charge < -0.3 is 4.74 Å². The van der Waals surface area contributed by atoms with Gasteiger partial charge in [-0.1, -0.05) is 0 Å². The zero-order valence-electron chi connectivity index (χ0n) is 5.23. The van der Waals surface area contributed by atoms with Gasteiger partial charge in [-0.3, -0.25) is 9.59 Å². The summed E-state index contributed by atoms with van der Waals surface area (Å²) in [5.41, 5.74) is 0. The fourth-order valence-corrected chi connectivity index (χ4v) is 0.203. The van der Waals surface area contributed by atoms with E-state index < -0.39 is 5.97 Å². The first-order chi connectivity index (χ1) is 3.63. The van der Waals surface area contributed by atoms with Crippen molar-refractivity contribution in [1.29, 1.82) is 0 Å². The maximum Gasteiger partial charge on any atom is 0.303 e. The minimum absolute atomic E-state index is 0. The molecule has 0 aromatic rings. The van der Waals surface area contributed by atoms with Gasteiger partial charge in [0, 0.05) is 29.3 Å². The molecule has 0 aromatic carbocycles. The maximum atomic E-state index is 10.1. The van der Waals surface area contributed by atoms with Crippen LogP contribution >= 0.6 is 0 Å². The van der Waals surface area contributed by atoms with Gasteiger partial charge in [-0.25, -0.2) is 0 Å². The minimum atomic E-state index is -0.416. The Bertz CT molecular complexity index is 96.8. The van der Waals surface area contributed by atoms with Crippen LogP contribution < -0.4 is 0 Å². The summed E-state index contributed by atoms with van der Waals surface area (Å²) in [7, 11) is 0. The molecule has 0 N–H and O–H groups in total. The topological polar surface area (TPSA) is 43.4 Å². The third-order valence-corrected chi connectivity index (χ3v) is 0.479. The van der Waals surface area contributed by atoms with Crippen LogP contribution in [0.2, 0.25) is 0 Å². The van der Waals surface area contributed by atoms with Crippen molar-refractivity contribution >= 4 is 11.8 Å². The molecule has 0 unspecified atom stereocenters. The van der Waals surface area contributed by atoms with E-state index in [1.54, 1.807) is 0 Å². The minimum Gasteiger partial charge on any atom is -0.458 e. The van der Waals surface area contributed by atoms with Crippen molar-refractivity contribution in [2.75, 3.05) is 6.61 Å². The quantitative estimate of drug-likeness (QED) is 0.494. The van der Waals surface area contributed by atoms with Crippen molar-refractivity contribution in [3.63, 3.8) is 0 Å². The summed E-state index contributed by atoms with van der Waals surface area (Å²) in [6.07, 6.45) is 0. The molecular weight excluding hydrogens is 216 g/mol. The zero-order chi connectivity index (χ0) is 6.57. The number of rotatable bonds is 2. The molecular formula is C5H8AgO3. The third-order valence-electron chi connectivity index (χ3n) is 0.479. The van der Waals surface area contributed by atoms with E-state index in [1.807, 2.05) is 0 Å². The Balaban J connectivity index is 0. The zero-order valence-corrected chi connectivity index (χ0v) is 6.72. The number of carbonyl (C=O) groups is 2. The average Bonchev–Trinajstić information content (AvgIpc) is 1.61. The molecule has 0 atom stereocenters. The van der Waals surface area contributed by atoms with Crippen molar-refractivity contribution in [3.05, 3.63) is 0 Å². The predicted molar refractivity (Wildman–Crippen MR) is 27.3 cm³/mol. The third kappa shape index (κ3) is 11.4. The maximum absolute atomic E-state index is 10.1. The molecule has 0 aliphatic rings. The van der Waals surface area contributed by atoms with Crippen LogP contribution in [0.5, 0.6) is 0 Å². The van der Waals surface area contributed by atoms with Gasteiger partial charge in [-0.15, -0.1) is 0 Å². The monoisotopic (exact) mass is 223 g/mol. The Morgan fingerprint density at radius 1 is 1.33 bits per heavy atom. The van der Waals surface area contributed by atoms with Crippen LogP contribution in [0.3, 0.4) is 0 Å². The number of hydrogen-bond donors (Lipinski definition) is 0. The molecule has 0 heterocycles. The largest absolute Gasteiger partial charge is 0.458 e. The SMILES string of the molecule is CC(=O)COC(C)=O.[Ag]. The molecule has 0 bridgehead atoms.